The van der Waals surface area contributed by atoms with Crippen LogP contribution >= 0.6 is 0 Å². The summed E-state index contributed by atoms with van der Waals surface area (Å²) in [4.78, 5) is 0. The molecule has 1 unspecified atom stereocenters. The number of aromatic nitrogens is 2. The van der Waals surface area contributed by atoms with Crippen LogP contribution in [0.15, 0.2) is 24.3 Å². The maximum atomic E-state index is 6.36. The Morgan fingerprint density at radius 3 is 2.35 bits per heavy atom. The summed E-state index contributed by atoms with van der Waals surface area (Å²) in [6, 6.07) is 8.75. The highest BCUT2D eigenvalue weighted by Crippen LogP contribution is 2.21. The molecule has 20 heavy (non-hydrogen) atoms. The fourth-order valence-corrected chi connectivity index (χ4v) is 2.67. The molecule has 0 saturated heterocycles. The van der Waals surface area contributed by atoms with E-state index in [0.29, 0.717) is 0 Å². The molecular weight excluding hydrogens is 246 g/mol. The number of hydrogen-bond acceptors (Lipinski definition) is 2. The number of benzene rings is 1. The summed E-state index contributed by atoms with van der Waals surface area (Å²) in [5.74, 6) is 0. The van der Waals surface area contributed by atoms with Crippen molar-refractivity contribution in [2.45, 2.75) is 46.1 Å². The van der Waals surface area contributed by atoms with E-state index in [1.54, 1.807) is 0 Å². The molecule has 108 valence electrons. The predicted octanol–water partition coefficient (Wildman–Crippen LogP) is 3.23. The third-order valence-electron chi connectivity index (χ3n) is 4.03. The summed E-state index contributed by atoms with van der Waals surface area (Å²) >= 11 is 0. The van der Waals surface area contributed by atoms with Gasteiger partial charge in [-0.25, -0.2) is 0 Å². The molecule has 0 radical (unpaired) electrons. The van der Waals surface area contributed by atoms with Gasteiger partial charge in [0.25, 0.3) is 0 Å². The third kappa shape index (κ3) is 3.10. The van der Waals surface area contributed by atoms with E-state index < -0.39 is 0 Å². The summed E-state index contributed by atoms with van der Waals surface area (Å²) in [5, 5.41) is 4.46. The molecule has 0 fully saturated rings. The Balaban J connectivity index is 2.13. The van der Waals surface area contributed by atoms with Crippen LogP contribution in [0.4, 0.5) is 0 Å². The molecule has 2 rings (SSSR count). The first-order valence-electron chi connectivity index (χ1n) is 7.36. The lowest BCUT2D eigenvalue weighted by Gasteiger charge is -2.13. The number of hydrogen-bond donors (Lipinski definition) is 1. The molecule has 1 aromatic heterocycles. The monoisotopic (exact) mass is 271 g/mol. The van der Waals surface area contributed by atoms with Gasteiger partial charge >= 0.3 is 0 Å². The number of nitrogens with zero attached hydrogens (tertiary/aromatic N) is 2. The van der Waals surface area contributed by atoms with E-state index in [2.05, 4.69) is 50.1 Å². The molecule has 0 amide bonds. The van der Waals surface area contributed by atoms with Gasteiger partial charge in [0.05, 0.1) is 5.69 Å². The molecule has 2 N–H and O–H groups in total. The van der Waals surface area contributed by atoms with Crippen molar-refractivity contribution in [1.29, 1.82) is 0 Å². The van der Waals surface area contributed by atoms with Crippen LogP contribution in [0.5, 0.6) is 0 Å². The maximum absolute atomic E-state index is 6.36. The SMILES string of the molecule is CCCc1ccc(C(N)Cc2c(C)nn(C)c2C)cc1. The van der Waals surface area contributed by atoms with Crippen LogP contribution in [0.1, 0.15) is 47.5 Å². The normalized spacial score (nSPS) is 12.7. The van der Waals surface area contributed by atoms with E-state index in [9.17, 15) is 0 Å². The molecule has 1 aromatic carbocycles. The Kier molecular flexibility index (Phi) is 4.61. The van der Waals surface area contributed by atoms with Gasteiger partial charge < -0.3 is 5.73 Å². The van der Waals surface area contributed by atoms with Crippen LogP contribution in [-0.2, 0) is 19.9 Å². The van der Waals surface area contributed by atoms with Gasteiger partial charge in [0.1, 0.15) is 0 Å². The van der Waals surface area contributed by atoms with Crippen molar-refractivity contribution in [3.63, 3.8) is 0 Å². The average molecular weight is 271 g/mol. The van der Waals surface area contributed by atoms with Crippen LogP contribution in [-0.4, -0.2) is 9.78 Å². The first kappa shape index (κ1) is 14.8. The van der Waals surface area contributed by atoms with E-state index in [1.165, 1.54) is 28.8 Å². The van der Waals surface area contributed by atoms with Crippen molar-refractivity contribution in [1.82, 2.24) is 9.78 Å². The first-order chi connectivity index (χ1) is 9.52. The Labute approximate surface area is 121 Å². The lowest BCUT2D eigenvalue weighted by atomic mass is 9.97. The van der Waals surface area contributed by atoms with Crippen LogP contribution < -0.4 is 5.73 Å². The smallest absolute Gasteiger partial charge is 0.0629 e. The zero-order valence-corrected chi connectivity index (χ0v) is 13.0. The summed E-state index contributed by atoms with van der Waals surface area (Å²) < 4.78 is 1.93. The second kappa shape index (κ2) is 6.23. The minimum atomic E-state index is 0.0345. The lowest BCUT2D eigenvalue weighted by molar-refractivity contribution is 0.706. The van der Waals surface area contributed by atoms with Gasteiger partial charge in [-0.1, -0.05) is 37.6 Å². The summed E-state index contributed by atoms with van der Waals surface area (Å²) in [7, 11) is 1.98. The van der Waals surface area contributed by atoms with Gasteiger partial charge in [-0.2, -0.15) is 5.10 Å². The van der Waals surface area contributed by atoms with Crippen LogP contribution in [0.3, 0.4) is 0 Å². The van der Waals surface area contributed by atoms with Crippen molar-refractivity contribution < 1.29 is 0 Å². The molecule has 0 aliphatic heterocycles. The summed E-state index contributed by atoms with van der Waals surface area (Å²) in [6.45, 7) is 6.36. The van der Waals surface area contributed by atoms with Crippen molar-refractivity contribution >= 4 is 0 Å². The second-order valence-electron chi connectivity index (χ2n) is 5.58. The van der Waals surface area contributed by atoms with Crippen molar-refractivity contribution in [2.75, 3.05) is 0 Å². The Bertz CT molecular complexity index is 567. The highest BCUT2D eigenvalue weighted by atomic mass is 15.3. The van der Waals surface area contributed by atoms with Crippen molar-refractivity contribution in [3.8, 4) is 0 Å². The molecule has 2 aromatic rings. The fraction of sp³-hybridized carbons (Fsp3) is 0.471. The molecule has 1 atom stereocenters. The molecule has 0 bridgehead atoms. The van der Waals surface area contributed by atoms with E-state index in [0.717, 1.165) is 18.5 Å². The van der Waals surface area contributed by atoms with Gasteiger partial charge in [-0.3, -0.25) is 4.68 Å². The summed E-state index contributed by atoms with van der Waals surface area (Å²) in [5.41, 5.74) is 12.5. The van der Waals surface area contributed by atoms with Gasteiger partial charge in [-0.05, 0) is 43.4 Å². The van der Waals surface area contributed by atoms with E-state index in [4.69, 9.17) is 5.73 Å². The minimum Gasteiger partial charge on any atom is -0.324 e. The zero-order valence-electron chi connectivity index (χ0n) is 13.0. The van der Waals surface area contributed by atoms with Gasteiger partial charge in [0.2, 0.25) is 0 Å². The number of aryl methyl sites for hydroxylation is 3. The van der Waals surface area contributed by atoms with Crippen LogP contribution in [0.25, 0.3) is 0 Å². The Morgan fingerprint density at radius 1 is 1.20 bits per heavy atom. The average Bonchev–Trinajstić information content (AvgIpc) is 2.66. The standard InChI is InChI=1S/C17H25N3/c1-5-6-14-7-9-15(10-8-14)17(18)11-16-12(2)19-20(4)13(16)3/h7-10,17H,5-6,11,18H2,1-4H3. The second-order valence-corrected chi connectivity index (χ2v) is 5.58. The highest BCUT2D eigenvalue weighted by Gasteiger charge is 2.14. The maximum Gasteiger partial charge on any atom is 0.0629 e. The topological polar surface area (TPSA) is 43.8 Å². The first-order valence-corrected chi connectivity index (χ1v) is 7.36. The molecular formula is C17H25N3. The molecule has 0 saturated carbocycles. The summed E-state index contributed by atoms with van der Waals surface area (Å²) in [6.07, 6.45) is 3.16. The van der Waals surface area contributed by atoms with E-state index in [1.807, 2.05) is 11.7 Å². The van der Waals surface area contributed by atoms with Crippen LogP contribution in [0, 0.1) is 13.8 Å². The van der Waals surface area contributed by atoms with Gasteiger partial charge in [-0.15, -0.1) is 0 Å². The van der Waals surface area contributed by atoms with E-state index in [-0.39, 0.29) is 6.04 Å². The molecule has 0 spiro atoms. The Hall–Kier alpha value is -1.61. The number of rotatable bonds is 5. The number of nitrogens with two attached hydrogens (primary N) is 1. The third-order valence-corrected chi connectivity index (χ3v) is 4.03. The van der Waals surface area contributed by atoms with Crippen molar-refractivity contribution in [3.05, 3.63) is 52.3 Å². The molecule has 3 nitrogen and oxygen atoms in total. The lowest BCUT2D eigenvalue weighted by Crippen LogP contribution is -2.14. The largest absolute Gasteiger partial charge is 0.324 e. The quantitative estimate of drug-likeness (QED) is 0.907. The minimum absolute atomic E-state index is 0.0345. The predicted molar refractivity (Wildman–Crippen MR) is 83.8 cm³/mol. The molecule has 0 aliphatic rings. The van der Waals surface area contributed by atoms with Crippen molar-refractivity contribution in [2.24, 2.45) is 12.8 Å². The highest BCUT2D eigenvalue weighted by molar-refractivity contribution is 5.30. The van der Waals surface area contributed by atoms with E-state index >= 15 is 0 Å². The van der Waals surface area contributed by atoms with Gasteiger partial charge in [0.15, 0.2) is 0 Å². The fourth-order valence-electron chi connectivity index (χ4n) is 2.67. The molecule has 0 aliphatic carbocycles. The zero-order chi connectivity index (χ0) is 14.7. The Morgan fingerprint density at radius 2 is 1.85 bits per heavy atom. The molecule has 1 heterocycles. The molecule has 3 heteroatoms. The van der Waals surface area contributed by atoms with Crippen LogP contribution in [0.2, 0.25) is 0 Å². The van der Waals surface area contributed by atoms with Gasteiger partial charge in [0, 0.05) is 18.8 Å².